The average molecular weight is 296 g/mol. The molecule has 0 bridgehead atoms. The number of likely N-dealkylation sites (tertiary alicyclic amines) is 1. The van der Waals surface area contributed by atoms with Crippen LogP contribution in [0.25, 0.3) is 0 Å². The van der Waals surface area contributed by atoms with Crippen LogP contribution in [0.15, 0.2) is 18.2 Å². The Balaban J connectivity index is 2.02. The molecular formula is C14H17FN2O4. The van der Waals surface area contributed by atoms with E-state index in [9.17, 15) is 14.0 Å². The lowest BCUT2D eigenvalue weighted by Gasteiger charge is -2.30. The minimum atomic E-state index is -0.893. The van der Waals surface area contributed by atoms with Crippen LogP contribution in [0.5, 0.6) is 5.75 Å². The molecule has 1 aliphatic heterocycles. The zero-order valence-corrected chi connectivity index (χ0v) is 11.6. The van der Waals surface area contributed by atoms with E-state index < -0.39 is 23.7 Å². The van der Waals surface area contributed by atoms with Crippen LogP contribution in [0.2, 0.25) is 0 Å². The fraction of sp³-hybridized carbons (Fsp3) is 0.429. The van der Waals surface area contributed by atoms with Crippen molar-refractivity contribution in [1.82, 2.24) is 4.90 Å². The van der Waals surface area contributed by atoms with E-state index in [0.717, 1.165) is 0 Å². The second kappa shape index (κ2) is 6.43. The van der Waals surface area contributed by atoms with Crippen LogP contribution in [-0.2, 0) is 4.79 Å². The molecule has 0 aromatic heterocycles. The van der Waals surface area contributed by atoms with Crippen LogP contribution in [0.1, 0.15) is 12.8 Å². The van der Waals surface area contributed by atoms with Gasteiger partial charge < -0.3 is 20.1 Å². The molecule has 1 atom stereocenters. The summed E-state index contributed by atoms with van der Waals surface area (Å²) in [6.45, 7) is 0.688. The molecule has 0 saturated carbocycles. The molecular weight excluding hydrogens is 279 g/mol. The highest BCUT2D eigenvalue weighted by Crippen LogP contribution is 2.23. The molecule has 0 spiro atoms. The molecule has 2 amide bonds. The number of hydrogen-bond donors (Lipinski definition) is 2. The fourth-order valence-electron chi connectivity index (χ4n) is 2.30. The SMILES string of the molecule is COc1cc(NC(=O)N2CCC[C@@H](C(=O)O)C2)ccc1F. The Morgan fingerprint density at radius 3 is 2.90 bits per heavy atom. The van der Waals surface area contributed by atoms with E-state index in [2.05, 4.69) is 5.32 Å². The van der Waals surface area contributed by atoms with Gasteiger partial charge in [-0.25, -0.2) is 9.18 Å². The van der Waals surface area contributed by atoms with Gasteiger partial charge in [-0.15, -0.1) is 0 Å². The van der Waals surface area contributed by atoms with Gasteiger partial charge in [-0.2, -0.15) is 0 Å². The average Bonchev–Trinajstić information content (AvgIpc) is 2.49. The Labute approximate surface area is 121 Å². The first-order valence-corrected chi connectivity index (χ1v) is 6.63. The van der Waals surface area contributed by atoms with Crippen LogP contribution >= 0.6 is 0 Å². The number of anilines is 1. The number of benzene rings is 1. The lowest BCUT2D eigenvalue weighted by Crippen LogP contribution is -2.44. The molecule has 1 aliphatic rings. The van der Waals surface area contributed by atoms with Gasteiger partial charge in [-0.05, 0) is 25.0 Å². The molecule has 0 aliphatic carbocycles. The molecule has 0 radical (unpaired) electrons. The van der Waals surface area contributed by atoms with Crippen LogP contribution in [-0.4, -0.2) is 42.2 Å². The molecule has 114 valence electrons. The number of carbonyl (C=O) groups is 2. The number of aliphatic carboxylic acids is 1. The fourth-order valence-corrected chi connectivity index (χ4v) is 2.30. The third-order valence-corrected chi connectivity index (χ3v) is 3.46. The maximum atomic E-state index is 13.3. The van der Waals surface area contributed by atoms with Gasteiger partial charge in [0, 0.05) is 24.8 Å². The van der Waals surface area contributed by atoms with E-state index in [0.29, 0.717) is 25.1 Å². The van der Waals surface area contributed by atoms with Gasteiger partial charge in [-0.1, -0.05) is 0 Å². The molecule has 21 heavy (non-hydrogen) atoms. The molecule has 1 heterocycles. The van der Waals surface area contributed by atoms with Crippen molar-refractivity contribution in [2.24, 2.45) is 5.92 Å². The first-order valence-electron chi connectivity index (χ1n) is 6.63. The third kappa shape index (κ3) is 3.62. The van der Waals surface area contributed by atoms with Crippen molar-refractivity contribution in [3.8, 4) is 5.75 Å². The normalized spacial score (nSPS) is 18.2. The predicted octanol–water partition coefficient (Wildman–Crippen LogP) is 2.16. The van der Waals surface area contributed by atoms with E-state index >= 15 is 0 Å². The van der Waals surface area contributed by atoms with Gasteiger partial charge in [0.15, 0.2) is 11.6 Å². The van der Waals surface area contributed by atoms with Crippen molar-refractivity contribution in [2.75, 3.05) is 25.5 Å². The second-order valence-electron chi connectivity index (χ2n) is 4.90. The molecule has 2 N–H and O–H groups in total. The van der Waals surface area contributed by atoms with Crippen molar-refractivity contribution in [1.29, 1.82) is 0 Å². The minimum Gasteiger partial charge on any atom is -0.494 e. The van der Waals surface area contributed by atoms with Gasteiger partial charge in [0.05, 0.1) is 13.0 Å². The Kier molecular flexibility index (Phi) is 4.62. The zero-order chi connectivity index (χ0) is 15.4. The maximum absolute atomic E-state index is 13.3. The van der Waals surface area contributed by atoms with Crippen molar-refractivity contribution in [3.05, 3.63) is 24.0 Å². The molecule has 2 rings (SSSR count). The summed E-state index contributed by atoms with van der Waals surface area (Å²) in [6, 6.07) is 3.61. The Morgan fingerprint density at radius 2 is 2.24 bits per heavy atom. The monoisotopic (exact) mass is 296 g/mol. The highest BCUT2D eigenvalue weighted by molar-refractivity contribution is 5.90. The lowest BCUT2D eigenvalue weighted by atomic mass is 9.99. The highest BCUT2D eigenvalue weighted by Gasteiger charge is 2.28. The van der Waals surface area contributed by atoms with E-state index in [1.807, 2.05) is 0 Å². The summed E-state index contributed by atoms with van der Waals surface area (Å²) < 4.78 is 18.1. The summed E-state index contributed by atoms with van der Waals surface area (Å²) in [5.41, 5.74) is 0.399. The van der Waals surface area contributed by atoms with Crippen LogP contribution in [0.4, 0.5) is 14.9 Å². The Morgan fingerprint density at radius 1 is 1.48 bits per heavy atom. The van der Waals surface area contributed by atoms with Crippen molar-refractivity contribution in [3.63, 3.8) is 0 Å². The molecule has 6 nitrogen and oxygen atoms in total. The quantitative estimate of drug-likeness (QED) is 0.896. The molecule has 0 unspecified atom stereocenters. The Bertz CT molecular complexity index is 550. The molecule has 1 aromatic rings. The van der Waals surface area contributed by atoms with E-state index in [-0.39, 0.29) is 12.3 Å². The third-order valence-electron chi connectivity index (χ3n) is 3.46. The minimum absolute atomic E-state index is 0.0369. The molecule has 1 aromatic carbocycles. The second-order valence-corrected chi connectivity index (χ2v) is 4.90. The van der Waals surface area contributed by atoms with Crippen molar-refractivity contribution < 1.29 is 23.8 Å². The number of carboxylic acid groups (broad SMARTS) is 1. The predicted molar refractivity (Wildman–Crippen MR) is 73.9 cm³/mol. The van der Waals surface area contributed by atoms with E-state index in [1.165, 1.54) is 30.2 Å². The van der Waals surface area contributed by atoms with Gasteiger partial charge in [-0.3, -0.25) is 4.79 Å². The van der Waals surface area contributed by atoms with Crippen LogP contribution in [0.3, 0.4) is 0 Å². The van der Waals surface area contributed by atoms with Gasteiger partial charge in [0.25, 0.3) is 0 Å². The highest BCUT2D eigenvalue weighted by atomic mass is 19.1. The summed E-state index contributed by atoms with van der Waals surface area (Å²) in [6.07, 6.45) is 1.22. The number of ether oxygens (including phenoxy) is 1. The summed E-state index contributed by atoms with van der Waals surface area (Å²) in [5, 5.41) is 11.6. The standard InChI is InChI=1S/C14H17FN2O4/c1-21-12-7-10(4-5-11(12)15)16-14(20)17-6-2-3-9(8-17)13(18)19/h4-5,7,9H,2-3,6,8H2,1H3,(H,16,20)(H,18,19)/t9-/m1/s1. The van der Waals surface area contributed by atoms with Crippen molar-refractivity contribution >= 4 is 17.7 Å². The summed E-state index contributed by atoms with van der Waals surface area (Å²) >= 11 is 0. The lowest BCUT2D eigenvalue weighted by molar-refractivity contribution is -0.143. The number of carbonyl (C=O) groups excluding carboxylic acids is 1. The molecule has 1 fully saturated rings. The zero-order valence-electron chi connectivity index (χ0n) is 11.6. The number of hydrogen-bond acceptors (Lipinski definition) is 3. The number of carboxylic acids is 1. The van der Waals surface area contributed by atoms with Gasteiger partial charge in [0.2, 0.25) is 0 Å². The largest absolute Gasteiger partial charge is 0.494 e. The number of urea groups is 1. The molecule has 1 saturated heterocycles. The number of amides is 2. The number of nitrogens with zero attached hydrogens (tertiary/aromatic N) is 1. The van der Waals surface area contributed by atoms with Crippen molar-refractivity contribution in [2.45, 2.75) is 12.8 Å². The maximum Gasteiger partial charge on any atom is 0.321 e. The number of nitrogens with one attached hydrogen (secondary N) is 1. The number of piperidine rings is 1. The first-order chi connectivity index (χ1) is 10.0. The number of rotatable bonds is 3. The summed E-state index contributed by atoms with van der Waals surface area (Å²) in [5.74, 6) is -1.91. The van der Waals surface area contributed by atoms with Gasteiger partial charge in [0.1, 0.15) is 0 Å². The van der Waals surface area contributed by atoms with Gasteiger partial charge >= 0.3 is 12.0 Å². The summed E-state index contributed by atoms with van der Waals surface area (Å²) in [7, 11) is 1.34. The number of methoxy groups -OCH3 is 1. The van der Waals surface area contributed by atoms with E-state index in [1.54, 1.807) is 0 Å². The smallest absolute Gasteiger partial charge is 0.321 e. The first kappa shape index (κ1) is 15.1. The topological polar surface area (TPSA) is 78.9 Å². The summed E-state index contributed by atoms with van der Waals surface area (Å²) in [4.78, 5) is 24.5. The van der Waals surface area contributed by atoms with Crippen LogP contribution in [0, 0.1) is 11.7 Å². The Hall–Kier alpha value is -2.31. The van der Waals surface area contributed by atoms with Crippen LogP contribution < -0.4 is 10.1 Å². The molecule has 7 heteroatoms. The van der Waals surface area contributed by atoms with E-state index in [4.69, 9.17) is 9.84 Å². The number of halogens is 1.